The van der Waals surface area contributed by atoms with E-state index < -0.39 is 0 Å². The smallest absolute Gasteiger partial charge is 0.261 e. The van der Waals surface area contributed by atoms with Crippen LogP contribution in [-0.4, -0.2) is 29.1 Å². The number of benzene rings is 3. The van der Waals surface area contributed by atoms with Gasteiger partial charge in [-0.3, -0.25) is 4.79 Å². The van der Waals surface area contributed by atoms with Gasteiger partial charge in [-0.15, -0.1) is 0 Å². The monoisotopic (exact) mass is 474 g/mol. The Hall–Kier alpha value is -3.70. The molecule has 0 N–H and O–H groups in total. The Kier molecular flexibility index (Phi) is 7.89. The lowest BCUT2D eigenvalue weighted by Gasteiger charge is -2.24. The first-order chi connectivity index (χ1) is 16.6. The predicted octanol–water partition coefficient (Wildman–Crippen LogP) is 5.81. The van der Waals surface area contributed by atoms with E-state index in [1.807, 2.05) is 71.8 Å². The summed E-state index contributed by atoms with van der Waals surface area (Å²) in [5.74, 6) is 1.35. The third-order valence-electron chi connectivity index (χ3n) is 5.51. The molecule has 4 aromatic rings. The maximum absolute atomic E-state index is 13.2. The van der Waals surface area contributed by atoms with Crippen molar-refractivity contribution in [2.45, 2.75) is 19.6 Å². The third kappa shape index (κ3) is 6.42. The molecular formula is C28H27ClN2O3. The molecule has 0 atom stereocenters. The highest BCUT2D eigenvalue weighted by Gasteiger charge is 2.17. The summed E-state index contributed by atoms with van der Waals surface area (Å²) in [6.07, 6.45) is 2.03. The molecule has 3 aromatic carbocycles. The highest BCUT2D eigenvalue weighted by atomic mass is 35.5. The van der Waals surface area contributed by atoms with Crippen molar-refractivity contribution < 1.29 is 14.3 Å². The lowest BCUT2D eigenvalue weighted by molar-refractivity contribution is -0.134. The molecule has 0 spiro atoms. The number of carbonyl (C=O) groups excluding carboxylic acids is 1. The average molecular weight is 475 g/mol. The van der Waals surface area contributed by atoms with Crippen molar-refractivity contribution in [2.75, 3.05) is 13.7 Å². The van der Waals surface area contributed by atoms with Gasteiger partial charge in [-0.25, -0.2) is 0 Å². The van der Waals surface area contributed by atoms with Gasteiger partial charge < -0.3 is 18.9 Å². The van der Waals surface area contributed by atoms with Crippen molar-refractivity contribution in [1.82, 2.24) is 9.47 Å². The number of halogens is 1. The van der Waals surface area contributed by atoms with Crippen LogP contribution in [0.4, 0.5) is 0 Å². The molecule has 0 radical (unpaired) electrons. The molecular weight excluding hydrogens is 448 g/mol. The summed E-state index contributed by atoms with van der Waals surface area (Å²) in [6.45, 7) is 1.60. The third-order valence-corrected chi connectivity index (χ3v) is 5.76. The second-order valence-corrected chi connectivity index (χ2v) is 8.39. The number of ether oxygens (including phenoxy) is 2. The minimum atomic E-state index is -0.0899. The number of amides is 1. The lowest BCUT2D eigenvalue weighted by Crippen LogP contribution is -2.34. The first-order valence-corrected chi connectivity index (χ1v) is 11.5. The van der Waals surface area contributed by atoms with Crippen LogP contribution < -0.4 is 9.47 Å². The minimum Gasteiger partial charge on any atom is -0.497 e. The molecule has 5 nitrogen and oxygen atoms in total. The Morgan fingerprint density at radius 2 is 1.62 bits per heavy atom. The van der Waals surface area contributed by atoms with E-state index in [4.69, 9.17) is 21.1 Å². The standard InChI is InChI=1S/C28H27ClN2O3/c1-33-27-11-5-9-23(17-27)19-30-16-6-10-25(30)20-31(18-22-7-3-2-4-8-22)28(32)21-34-26-14-12-24(29)13-15-26/h2-17H,18-21H2,1H3. The van der Waals surface area contributed by atoms with E-state index in [9.17, 15) is 4.79 Å². The quantitative estimate of drug-likeness (QED) is 0.291. The van der Waals surface area contributed by atoms with Crippen LogP contribution in [0.5, 0.6) is 11.5 Å². The van der Waals surface area contributed by atoms with Gasteiger partial charge in [-0.2, -0.15) is 0 Å². The van der Waals surface area contributed by atoms with Gasteiger partial charge >= 0.3 is 0 Å². The summed E-state index contributed by atoms with van der Waals surface area (Å²) >= 11 is 5.94. The Labute approximate surface area is 205 Å². The minimum absolute atomic E-state index is 0.0505. The Balaban J connectivity index is 1.49. The molecule has 4 rings (SSSR count). The molecule has 1 aromatic heterocycles. The zero-order valence-corrected chi connectivity index (χ0v) is 19.8. The molecule has 34 heavy (non-hydrogen) atoms. The zero-order valence-electron chi connectivity index (χ0n) is 19.1. The topological polar surface area (TPSA) is 43.7 Å². The molecule has 0 bridgehead atoms. The molecule has 0 saturated heterocycles. The number of nitrogens with zero attached hydrogens (tertiary/aromatic N) is 2. The second-order valence-electron chi connectivity index (χ2n) is 7.96. The molecule has 1 amide bonds. The Bertz CT molecular complexity index is 1210. The van der Waals surface area contributed by atoms with Gasteiger partial charge in [0.05, 0.1) is 13.7 Å². The number of hydrogen-bond acceptors (Lipinski definition) is 3. The van der Waals surface area contributed by atoms with Crippen LogP contribution in [0.25, 0.3) is 0 Å². The van der Waals surface area contributed by atoms with E-state index in [0.29, 0.717) is 30.4 Å². The van der Waals surface area contributed by atoms with Crippen LogP contribution in [0.15, 0.2) is 97.2 Å². The van der Waals surface area contributed by atoms with Gasteiger partial charge in [0.15, 0.2) is 6.61 Å². The number of hydrogen-bond donors (Lipinski definition) is 0. The van der Waals surface area contributed by atoms with Gasteiger partial charge in [0.1, 0.15) is 11.5 Å². The molecule has 174 valence electrons. The van der Waals surface area contributed by atoms with Crippen LogP contribution in [0.1, 0.15) is 16.8 Å². The van der Waals surface area contributed by atoms with Crippen molar-refractivity contribution >= 4 is 17.5 Å². The molecule has 6 heteroatoms. The van der Waals surface area contributed by atoms with E-state index >= 15 is 0 Å². The highest BCUT2D eigenvalue weighted by Crippen LogP contribution is 2.18. The van der Waals surface area contributed by atoms with Crippen LogP contribution in [0, 0.1) is 0 Å². The van der Waals surface area contributed by atoms with Crippen LogP contribution in [0.3, 0.4) is 0 Å². The Morgan fingerprint density at radius 1 is 0.853 bits per heavy atom. The highest BCUT2D eigenvalue weighted by molar-refractivity contribution is 6.30. The first kappa shape index (κ1) is 23.5. The second kappa shape index (κ2) is 11.4. The van der Waals surface area contributed by atoms with Crippen molar-refractivity contribution in [3.05, 3.63) is 119 Å². The molecule has 1 heterocycles. The van der Waals surface area contributed by atoms with E-state index in [2.05, 4.69) is 10.6 Å². The summed E-state index contributed by atoms with van der Waals surface area (Å²) in [5.41, 5.74) is 3.23. The number of aromatic nitrogens is 1. The van der Waals surface area contributed by atoms with E-state index in [0.717, 1.165) is 22.6 Å². The van der Waals surface area contributed by atoms with Gasteiger partial charge in [0.25, 0.3) is 5.91 Å². The average Bonchev–Trinajstić information content (AvgIpc) is 3.30. The Morgan fingerprint density at radius 3 is 2.38 bits per heavy atom. The van der Waals surface area contributed by atoms with Crippen molar-refractivity contribution in [3.8, 4) is 11.5 Å². The summed E-state index contributed by atoms with van der Waals surface area (Å²) in [4.78, 5) is 15.0. The summed E-state index contributed by atoms with van der Waals surface area (Å²) in [7, 11) is 1.67. The molecule has 0 saturated carbocycles. The van der Waals surface area contributed by atoms with E-state index in [1.54, 1.807) is 31.4 Å². The number of carbonyl (C=O) groups is 1. The van der Waals surface area contributed by atoms with Gasteiger partial charge in [-0.1, -0.05) is 54.1 Å². The molecule has 0 aliphatic rings. The fourth-order valence-corrected chi connectivity index (χ4v) is 3.84. The predicted molar refractivity (Wildman–Crippen MR) is 134 cm³/mol. The van der Waals surface area contributed by atoms with E-state index in [1.165, 1.54) is 0 Å². The van der Waals surface area contributed by atoms with Gasteiger partial charge in [0, 0.05) is 30.0 Å². The van der Waals surface area contributed by atoms with Crippen LogP contribution in [-0.2, 0) is 24.4 Å². The van der Waals surface area contributed by atoms with Gasteiger partial charge in [-0.05, 0) is 59.7 Å². The lowest BCUT2D eigenvalue weighted by atomic mass is 10.2. The molecule has 0 fully saturated rings. The zero-order chi connectivity index (χ0) is 23.8. The largest absolute Gasteiger partial charge is 0.497 e. The molecule has 0 unspecified atom stereocenters. The molecule has 0 aliphatic carbocycles. The SMILES string of the molecule is COc1cccc(Cn2cccc2CN(Cc2ccccc2)C(=O)COc2ccc(Cl)cc2)c1. The van der Waals surface area contributed by atoms with Crippen molar-refractivity contribution in [3.63, 3.8) is 0 Å². The maximum Gasteiger partial charge on any atom is 0.261 e. The first-order valence-electron chi connectivity index (χ1n) is 11.1. The van der Waals surface area contributed by atoms with Gasteiger partial charge in [0.2, 0.25) is 0 Å². The fourth-order valence-electron chi connectivity index (χ4n) is 3.71. The summed E-state index contributed by atoms with van der Waals surface area (Å²) in [5, 5.41) is 0.626. The van der Waals surface area contributed by atoms with E-state index in [-0.39, 0.29) is 12.5 Å². The van der Waals surface area contributed by atoms with Crippen LogP contribution in [0.2, 0.25) is 5.02 Å². The van der Waals surface area contributed by atoms with Crippen molar-refractivity contribution in [1.29, 1.82) is 0 Å². The normalized spacial score (nSPS) is 10.6. The maximum atomic E-state index is 13.2. The van der Waals surface area contributed by atoms with Crippen LogP contribution >= 0.6 is 11.6 Å². The molecule has 0 aliphatic heterocycles. The fraction of sp³-hybridized carbons (Fsp3) is 0.179. The number of methoxy groups -OCH3 is 1. The number of rotatable bonds is 10. The van der Waals surface area contributed by atoms with Crippen molar-refractivity contribution in [2.24, 2.45) is 0 Å². The summed E-state index contributed by atoms with van der Waals surface area (Å²) in [6, 6.07) is 29.0. The summed E-state index contributed by atoms with van der Waals surface area (Å²) < 4.78 is 13.2.